The molecule has 0 amide bonds. The van der Waals surface area contributed by atoms with E-state index >= 15 is 0 Å². The number of aryl methyl sites for hydroxylation is 2. The van der Waals surface area contributed by atoms with E-state index in [1.807, 2.05) is 18.2 Å². The van der Waals surface area contributed by atoms with E-state index in [-0.39, 0.29) is 0 Å². The number of unbranched alkanes of at least 4 members (excludes halogenated alkanes) is 1. The van der Waals surface area contributed by atoms with Crippen molar-refractivity contribution in [2.75, 3.05) is 13.1 Å². The summed E-state index contributed by atoms with van der Waals surface area (Å²) in [7, 11) is 0. The molecule has 0 bridgehead atoms. The molecule has 32 heavy (non-hydrogen) atoms. The Kier molecular flexibility index (Phi) is 7.28. The second-order valence-electron chi connectivity index (χ2n) is 8.35. The SMILES string of the molecule is CCCCN(CCCc1cnc2c(n1)c(=O)oc1ccccc12)Cc1cccc(CC)c1. The standard InChI is InChI=1S/C27H31N3O2/c1-3-5-15-30(19-21-11-8-10-20(4-2)17-21)16-9-12-22-18-28-25-23-13-6-7-14-24(23)32-27(31)26(25)29-22/h6-8,10-11,13-14,17-18H,3-5,9,12,15-16,19H2,1-2H3. The molecule has 0 aliphatic rings. The van der Waals surface area contributed by atoms with Gasteiger partial charge in [0.1, 0.15) is 11.1 Å². The maximum atomic E-state index is 12.4. The van der Waals surface area contributed by atoms with E-state index in [1.165, 1.54) is 24.0 Å². The molecule has 4 aromatic rings. The van der Waals surface area contributed by atoms with E-state index in [0.29, 0.717) is 16.6 Å². The van der Waals surface area contributed by atoms with Gasteiger partial charge >= 0.3 is 5.63 Å². The van der Waals surface area contributed by atoms with Gasteiger partial charge in [-0.05, 0) is 62.0 Å². The van der Waals surface area contributed by atoms with Crippen molar-refractivity contribution in [3.63, 3.8) is 0 Å². The number of hydrogen-bond donors (Lipinski definition) is 0. The molecule has 0 fully saturated rings. The molecule has 4 rings (SSSR count). The van der Waals surface area contributed by atoms with Gasteiger partial charge in [-0.2, -0.15) is 0 Å². The fourth-order valence-corrected chi connectivity index (χ4v) is 4.13. The van der Waals surface area contributed by atoms with Crippen LogP contribution in [-0.4, -0.2) is 28.0 Å². The second-order valence-corrected chi connectivity index (χ2v) is 8.35. The lowest BCUT2D eigenvalue weighted by molar-refractivity contribution is 0.257. The van der Waals surface area contributed by atoms with Crippen molar-refractivity contribution in [3.05, 3.63) is 82.0 Å². The van der Waals surface area contributed by atoms with Crippen molar-refractivity contribution >= 4 is 22.0 Å². The summed E-state index contributed by atoms with van der Waals surface area (Å²) in [6.45, 7) is 7.47. The van der Waals surface area contributed by atoms with Crippen LogP contribution in [0, 0.1) is 0 Å². The van der Waals surface area contributed by atoms with Gasteiger partial charge in [0, 0.05) is 18.1 Å². The van der Waals surface area contributed by atoms with Crippen LogP contribution in [0.25, 0.3) is 22.0 Å². The van der Waals surface area contributed by atoms with Crippen molar-refractivity contribution in [3.8, 4) is 0 Å². The molecule has 0 radical (unpaired) electrons. The zero-order chi connectivity index (χ0) is 22.3. The highest BCUT2D eigenvalue weighted by atomic mass is 16.4. The van der Waals surface area contributed by atoms with E-state index in [9.17, 15) is 4.79 Å². The zero-order valence-corrected chi connectivity index (χ0v) is 19.0. The fraction of sp³-hybridized carbons (Fsp3) is 0.370. The minimum absolute atomic E-state index is 0.320. The maximum absolute atomic E-state index is 12.4. The minimum Gasteiger partial charge on any atom is -0.421 e. The molecule has 0 saturated carbocycles. The minimum atomic E-state index is -0.423. The van der Waals surface area contributed by atoms with Gasteiger partial charge in [0.2, 0.25) is 0 Å². The normalized spacial score (nSPS) is 11.6. The molecule has 0 atom stereocenters. The highest BCUT2D eigenvalue weighted by Gasteiger charge is 2.12. The van der Waals surface area contributed by atoms with Crippen molar-refractivity contribution in [1.29, 1.82) is 0 Å². The molecule has 5 nitrogen and oxygen atoms in total. The Bertz CT molecular complexity index is 1250. The van der Waals surface area contributed by atoms with Crippen molar-refractivity contribution in [2.45, 2.75) is 52.5 Å². The van der Waals surface area contributed by atoms with E-state index in [1.54, 1.807) is 12.3 Å². The van der Waals surface area contributed by atoms with Crippen LogP contribution >= 0.6 is 0 Å². The topological polar surface area (TPSA) is 59.2 Å². The van der Waals surface area contributed by atoms with Crippen LogP contribution < -0.4 is 5.63 Å². The van der Waals surface area contributed by atoms with Crippen LogP contribution in [0.15, 0.2) is 63.9 Å². The van der Waals surface area contributed by atoms with Gasteiger partial charge in [-0.25, -0.2) is 9.78 Å². The Labute approximate surface area is 189 Å². The average Bonchev–Trinajstić information content (AvgIpc) is 2.82. The van der Waals surface area contributed by atoms with Gasteiger partial charge in [-0.3, -0.25) is 9.88 Å². The molecule has 0 aliphatic heterocycles. The Morgan fingerprint density at radius 3 is 2.59 bits per heavy atom. The molecule has 2 aromatic carbocycles. The van der Waals surface area contributed by atoms with Crippen molar-refractivity contribution < 1.29 is 4.42 Å². The molecule has 0 spiro atoms. The van der Waals surface area contributed by atoms with Crippen molar-refractivity contribution in [1.82, 2.24) is 14.9 Å². The predicted molar refractivity (Wildman–Crippen MR) is 130 cm³/mol. The van der Waals surface area contributed by atoms with Gasteiger partial charge in [0.15, 0.2) is 5.52 Å². The first-order chi connectivity index (χ1) is 15.7. The number of para-hydroxylation sites is 1. The number of rotatable bonds is 10. The maximum Gasteiger partial charge on any atom is 0.364 e. The number of aromatic nitrogens is 2. The molecule has 166 valence electrons. The summed E-state index contributed by atoms with van der Waals surface area (Å²) < 4.78 is 5.44. The van der Waals surface area contributed by atoms with Gasteiger partial charge in [-0.15, -0.1) is 0 Å². The lowest BCUT2D eigenvalue weighted by Gasteiger charge is -2.22. The van der Waals surface area contributed by atoms with Gasteiger partial charge in [0.05, 0.1) is 5.69 Å². The van der Waals surface area contributed by atoms with E-state index < -0.39 is 5.63 Å². The first kappa shape index (κ1) is 22.2. The van der Waals surface area contributed by atoms with E-state index in [2.05, 4.69) is 53.0 Å². The van der Waals surface area contributed by atoms with Gasteiger partial charge in [0.25, 0.3) is 0 Å². The fourth-order valence-electron chi connectivity index (χ4n) is 4.13. The van der Waals surface area contributed by atoms with E-state index in [0.717, 1.165) is 50.0 Å². The highest BCUT2D eigenvalue weighted by Crippen LogP contribution is 2.20. The first-order valence-electron chi connectivity index (χ1n) is 11.7. The number of fused-ring (bicyclic) bond motifs is 3. The largest absolute Gasteiger partial charge is 0.421 e. The smallest absolute Gasteiger partial charge is 0.364 e. The van der Waals surface area contributed by atoms with E-state index in [4.69, 9.17) is 4.42 Å². The third kappa shape index (κ3) is 5.22. The number of benzene rings is 2. The van der Waals surface area contributed by atoms with Crippen LogP contribution in [0.4, 0.5) is 0 Å². The summed E-state index contributed by atoms with van der Waals surface area (Å²) >= 11 is 0. The summed E-state index contributed by atoms with van der Waals surface area (Å²) in [6, 6.07) is 16.3. The van der Waals surface area contributed by atoms with Crippen molar-refractivity contribution in [2.24, 2.45) is 0 Å². The Morgan fingerprint density at radius 1 is 0.938 bits per heavy atom. The number of hydrogen-bond acceptors (Lipinski definition) is 5. The molecule has 0 saturated heterocycles. The summed E-state index contributed by atoms with van der Waals surface area (Å²) in [5.41, 5.74) is 4.65. The van der Waals surface area contributed by atoms with Gasteiger partial charge in [-0.1, -0.05) is 56.7 Å². The highest BCUT2D eigenvalue weighted by molar-refractivity contribution is 5.99. The molecule has 2 heterocycles. The van der Waals surface area contributed by atoms with Crippen LogP contribution in [0.1, 0.15) is 49.9 Å². The molecular formula is C27H31N3O2. The quantitative estimate of drug-likeness (QED) is 0.245. The summed E-state index contributed by atoms with van der Waals surface area (Å²) in [4.78, 5) is 24.1. The van der Waals surface area contributed by atoms with Crippen LogP contribution in [0.5, 0.6) is 0 Å². The third-order valence-electron chi connectivity index (χ3n) is 5.90. The third-order valence-corrected chi connectivity index (χ3v) is 5.90. The Morgan fingerprint density at radius 2 is 1.75 bits per heavy atom. The summed E-state index contributed by atoms with van der Waals surface area (Å²) in [6.07, 6.45) is 6.99. The lowest BCUT2D eigenvalue weighted by atomic mass is 10.1. The number of nitrogens with zero attached hydrogens (tertiary/aromatic N) is 3. The van der Waals surface area contributed by atoms with Crippen LogP contribution in [0.2, 0.25) is 0 Å². The Hall–Kier alpha value is -3.05. The average molecular weight is 430 g/mol. The van der Waals surface area contributed by atoms with Crippen LogP contribution in [-0.2, 0) is 19.4 Å². The first-order valence-corrected chi connectivity index (χ1v) is 11.7. The lowest BCUT2D eigenvalue weighted by Crippen LogP contribution is -2.26. The van der Waals surface area contributed by atoms with Crippen LogP contribution in [0.3, 0.4) is 0 Å². The zero-order valence-electron chi connectivity index (χ0n) is 19.0. The Balaban J connectivity index is 1.45. The summed E-state index contributed by atoms with van der Waals surface area (Å²) in [5, 5.41) is 0.821. The molecule has 0 N–H and O–H groups in total. The second kappa shape index (κ2) is 10.5. The molecule has 0 aliphatic carbocycles. The molecule has 0 unspecified atom stereocenters. The predicted octanol–water partition coefficient (Wildman–Crippen LogP) is 5.53. The molecular weight excluding hydrogens is 398 g/mol. The monoisotopic (exact) mass is 429 g/mol. The summed E-state index contributed by atoms with van der Waals surface area (Å²) in [5.74, 6) is 0. The van der Waals surface area contributed by atoms with Gasteiger partial charge < -0.3 is 4.42 Å². The molecule has 2 aromatic heterocycles. The molecule has 5 heteroatoms.